The fraction of sp³-hybridized carbons (Fsp3) is 0.538. The number of nitrogen functional groups attached to an aromatic ring is 1. The monoisotopic (exact) mass is 238 g/mol. The highest BCUT2D eigenvalue weighted by Gasteiger charge is 2.28. The van der Waals surface area contributed by atoms with E-state index in [0.717, 1.165) is 13.0 Å². The zero-order chi connectivity index (χ0) is 12.4. The van der Waals surface area contributed by atoms with Gasteiger partial charge in [-0.25, -0.2) is 4.39 Å². The van der Waals surface area contributed by atoms with Crippen LogP contribution >= 0.6 is 0 Å². The van der Waals surface area contributed by atoms with E-state index in [4.69, 9.17) is 10.5 Å². The van der Waals surface area contributed by atoms with Crippen LogP contribution in [0.3, 0.4) is 0 Å². The summed E-state index contributed by atoms with van der Waals surface area (Å²) in [5.41, 5.74) is 6.42. The van der Waals surface area contributed by atoms with Gasteiger partial charge in [0.15, 0.2) is 5.82 Å². The number of ether oxygens (including phenoxy) is 1. The summed E-state index contributed by atoms with van der Waals surface area (Å²) in [6.07, 6.45) is 1.21. The van der Waals surface area contributed by atoms with Crippen LogP contribution in [-0.2, 0) is 11.3 Å². The van der Waals surface area contributed by atoms with Crippen LogP contribution in [0.4, 0.5) is 10.1 Å². The molecule has 3 nitrogen and oxygen atoms in total. The highest BCUT2D eigenvalue weighted by atomic mass is 19.1. The van der Waals surface area contributed by atoms with Crippen molar-refractivity contribution in [1.82, 2.24) is 4.90 Å². The lowest BCUT2D eigenvalue weighted by Gasteiger charge is -2.26. The fourth-order valence-electron chi connectivity index (χ4n) is 2.41. The van der Waals surface area contributed by atoms with Crippen LogP contribution in [0.15, 0.2) is 18.2 Å². The number of hydrogen-bond acceptors (Lipinski definition) is 3. The van der Waals surface area contributed by atoms with Crippen molar-refractivity contribution in [3.8, 4) is 0 Å². The van der Waals surface area contributed by atoms with E-state index in [2.05, 4.69) is 11.8 Å². The number of nitrogens with zero attached hydrogens (tertiary/aromatic N) is 1. The molecule has 94 valence electrons. The number of benzene rings is 1. The van der Waals surface area contributed by atoms with E-state index in [1.165, 1.54) is 0 Å². The number of halogens is 1. The van der Waals surface area contributed by atoms with Gasteiger partial charge in [0.2, 0.25) is 0 Å². The first-order valence-corrected chi connectivity index (χ1v) is 5.94. The third-order valence-corrected chi connectivity index (χ3v) is 3.43. The van der Waals surface area contributed by atoms with Gasteiger partial charge >= 0.3 is 0 Å². The van der Waals surface area contributed by atoms with Gasteiger partial charge < -0.3 is 10.5 Å². The lowest BCUT2D eigenvalue weighted by Crippen LogP contribution is -2.36. The Hall–Kier alpha value is -1.13. The van der Waals surface area contributed by atoms with Crippen molar-refractivity contribution >= 4 is 5.69 Å². The van der Waals surface area contributed by atoms with E-state index in [9.17, 15) is 4.39 Å². The fourth-order valence-corrected chi connectivity index (χ4v) is 2.41. The number of rotatable bonds is 3. The van der Waals surface area contributed by atoms with Crippen molar-refractivity contribution in [3.63, 3.8) is 0 Å². The number of anilines is 1. The largest absolute Gasteiger partial charge is 0.396 e. The van der Waals surface area contributed by atoms with Crippen LogP contribution in [0.1, 0.15) is 18.9 Å². The molecule has 0 aromatic heterocycles. The Bertz CT molecular complexity index is 397. The van der Waals surface area contributed by atoms with Crippen molar-refractivity contribution < 1.29 is 9.13 Å². The molecule has 1 aliphatic heterocycles. The van der Waals surface area contributed by atoms with Crippen molar-refractivity contribution in [1.29, 1.82) is 0 Å². The standard InChI is InChI=1S/C13H19FN2O/c1-9-12(6-7-17-9)16(2)8-10-4-3-5-11(15)13(10)14/h3-5,9,12H,6-8,15H2,1-2H3. The lowest BCUT2D eigenvalue weighted by atomic mass is 10.1. The first-order valence-electron chi connectivity index (χ1n) is 5.94. The maximum absolute atomic E-state index is 13.8. The predicted molar refractivity (Wildman–Crippen MR) is 66.1 cm³/mol. The number of nitrogens with two attached hydrogens (primary N) is 1. The molecule has 4 heteroatoms. The molecule has 0 bridgehead atoms. The smallest absolute Gasteiger partial charge is 0.150 e. The Morgan fingerprint density at radius 1 is 1.53 bits per heavy atom. The highest BCUT2D eigenvalue weighted by Crippen LogP contribution is 2.22. The minimum atomic E-state index is -0.300. The summed E-state index contributed by atoms with van der Waals surface area (Å²) in [5, 5.41) is 0. The Balaban J connectivity index is 2.07. The Labute approximate surface area is 101 Å². The van der Waals surface area contributed by atoms with Crippen LogP contribution in [0.2, 0.25) is 0 Å². The molecule has 0 spiro atoms. The molecule has 0 amide bonds. The van der Waals surface area contributed by atoms with Gasteiger partial charge in [0.1, 0.15) is 0 Å². The van der Waals surface area contributed by atoms with Crippen LogP contribution in [0.25, 0.3) is 0 Å². The van der Waals surface area contributed by atoms with Crippen LogP contribution < -0.4 is 5.73 Å². The van der Waals surface area contributed by atoms with Gasteiger partial charge in [0.05, 0.1) is 11.8 Å². The van der Waals surface area contributed by atoms with E-state index in [-0.39, 0.29) is 17.6 Å². The van der Waals surface area contributed by atoms with E-state index in [1.807, 2.05) is 7.05 Å². The summed E-state index contributed by atoms with van der Waals surface area (Å²) in [6.45, 7) is 3.41. The number of hydrogen-bond donors (Lipinski definition) is 1. The summed E-state index contributed by atoms with van der Waals surface area (Å²) >= 11 is 0. The minimum Gasteiger partial charge on any atom is -0.396 e. The van der Waals surface area contributed by atoms with E-state index in [0.29, 0.717) is 18.2 Å². The van der Waals surface area contributed by atoms with E-state index in [1.54, 1.807) is 18.2 Å². The quantitative estimate of drug-likeness (QED) is 0.819. The van der Waals surface area contributed by atoms with Crippen molar-refractivity contribution in [2.45, 2.75) is 32.0 Å². The number of likely N-dealkylation sites (N-methyl/N-ethyl adjacent to an activating group) is 1. The molecule has 2 N–H and O–H groups in total. The molecule has 0 saturated carbocycles. The molecule has 17 heavy (non-hydrogen) atoms. The molecule has 0 radical (unpaired) electrons. The predicted octanol–water partition coefficient (Wildman–Crippen LogP) is 2.02. The Morgan fingerprint density at radius 2 is 2.29 bits per heavy atom. The zero-order valence-electron chi connectivity index (χ0n) is 10.3. The van der Waals surface area contributed by atoms with Crippen molar-refractivity contribution in [2.24, 2.45) is 0 Å². The van der Waals surface area contributed by atoms with E-state index >= 15 is 0 Å². The van der Waals surface area contributed by atoms with Gasteiger partial charge in [-0.3, -0.25) is 4.90 Å². The molecule has 1 heterocycles. The van der Waals surface area contributed by atoms with Crippen LogP contribution in [0, 0.1) is 5.82 Å². The molecule has 2 rings (SSSR count). The maximum atomic E-state index is 13.8. The molecule has 2 unspecified atom stereocenters. The first-order chi connectivity index (χ1) is 8.09. The highest BCUT2D eigenvalue weighted by molar-refractivity contribution is 5.42. The Morgan fingerprint density at radius 3 is 2.94 bits per heavy atom. The van der Waals surface area contributed by atoms with Crippen molar-refractivity contribution in [3.05, 3.63) is 29.6 Å². The van der Waals surface area contributed by atoms with Gasteiger partial charge in [-0.1, -0.05) is 12.1 Å². The molecule has 1 fully saturated rings. The summed E-state index contributed by atoms with van der Waals surface area (Å²) in [5.74, 6) is -0.300. The van der Waals surface area contributed by atoms with Gasteiger partial charge in [-0.2, -0.15) is 0 Å². The van der Waals surface area contributed by atoms with Crippen LogP contribution in [0.5, 0.6) is 0 Å². The van der Waals surface area contributed by atoms with Crippen LogP contribution in [-0.4, -0.2) is 30.7 Å². The summed E-state index contributed by atoms with van der Waals surface area (Å²) in [4.78, 5) is 2.13. The molecule has 1 aromatic carbocycles. The van der Waals surface area contributed by atoms with Gasteiger partial charge in [-0.15, -0.1) is 0 Å². The lowest BCUT2D eigenvalue weighted by molar-refractivity contribution is 0.0811. The second-order valence-electron chi connectivity index (χ2n) is 4.67. The van der Waals surface area contributed by atoms with Gasteiger partial charge in [0, 0.05) is 24.8 Å². The van der Waals surface area contributed by atoms with Gasteiger partial charge in [-0.05, 0) is 26.5 Å². The first kappa shape index (κ1) is 12.3. The molecule has 1 saturated heterocycles. The molecular formula is C13H19FN2O. The molecule has 2 atom stereocenters. The second-order valence-corrected chi connectivity index (χ2v) is 4.67. The summed E-state index contributed by atoms with van der Waals surface area (Å²) in [7, 11) is 2.00. The second kappa shape index (κ2) is 5.02. The SMILES string of the molecule is CC1OCCC1N(C)Cc1cccc(N)c1F. The molecule has 1 aliphatic rings. The zero-order valence-corrected chi connectivity index (χ0v) is 10.3. The Kier molecular flexibility index (Phi) is 3.64. The van der Waals surface area contributed by atoms with E-state index < -0.39 is 0 Å². The minimum absolute atomic E-state index is 0.212. The summed E-state index contributed by atoms with van der Waals surface area (Å²) < 4.78 is 19.3. The average molecular weight is 238 g/mol. The average Bonchev–Trinajstić information content (AvgIpc) is 2.71. The third kappa shape index (κ3) is 2.58. The topological polar surface area (TPSA) is 38.5 Å². The molecular weight excluding hydrogens is 219 g/mol. The molecule has 1 aromatic rings. The normalized spacial score (nSPS) is 24.5. The third-order valence-electron chi connectivity index (χ3n) is 3.43. The molecule has 0 aliphatic carbocycles. The maximum Gasteiger partial charge on any atom is 0.150 e. The van der Waals surface area contributed by atoms with Gasteiger partial charge in [0.25, 0.3) is 0 Å². The summed E-state index contributed by atoms with van der Waals surface area (Å²) in [6, 6.07) is 5.51. The van der Waals surface area contributed by atoms with Crippen molar-refractivity contribution in [2.75, 3.05) is 19.4 Å².